The van der Waals surface area contributed by atoms with Gasteiger partial charge in [-0.1, -0.05) is 12.1 Å². The molecular formula is C22H21N5O4S2. The highest BCUT2D eigenvalue weighted by molar-refractivity contribution is 7.92. The van der Waals surface area contributed by atoms with Crippen molar-refractivity contribution in [2.45, 2.75) is 18.7 Å². The average Bonchev–Trinajstić information content (AvgIpc) is 2.72. The number of anilines is 2. The fourth-order valence-corrected chi connectivity index (χ4v) is 3.90. The topological polar surface area (TPSA) is 133 Å². The van der Waals surface area contributed by atoms with Gasteiger partial charge in [-0.15, -0.1) is 0 Å². The molecule has 0 atom stereocenters. The lowest BCUT2D eigenvalue weighted by Crippen LogP contribution is -2.32. The summed E-state index contributed by atoms with van der Waals surface area (Å²) in [6.45, 7) is 3.50. The fourth-order valence-electron chi connectivity index (χ4n) is 2.74. The van der Waals surface area contributed by atoms with E-state index in [2.05, 4.69) is 25.3 Å². The van der Waals surface area contributed by atoms with Crippen LogP contribution in [0.2, 0.25) is 0 Å². The normalized spacial score (nSPS) is 11.2. The van der Waals surface area contributed by atoms with Crippen LogP contribution in [-0.4, -0.2) is 34.5 Å². The van der Waals surface area contributed by atoms with Gasteiger partial charge in [0.2, 0.25) is 11.9 Å². The molecule has 0 fully saturated rings. The van der Waals surface area contributed by atoms with Gasteiger partial charge in [-0.2, -0.15) is 0 Å². The Hall–Kier alpha value is -3.83. The lowest BCUT2D eigenvalue weighted by Gasteiger charge is -2.10. The van der Waals surface area contributed by atoms with Crippen molar-refractivity contribution in [2.75, 3.05) is 10.0 Å². The van der Waals surface area contributed by atoms with Crippen molar-refractivity contribution in [3.63, 3.8) is 0 Å². The van der Waals surface area contributed by atoms with Gasteiger partial charge in [-0.3, -0.25) is 10.1 Å². The Balaban J connectivity index is 1.58. The lowest BCUT2D eigenvalue weighted by molar-refractivity contribution is -0.115. The smallest absolute Gasteiger partial charge is 0.264 e. The quantitative estimate of drug-likeness (QED) is 0.310. The Kier molecular flexibility index (Phi) is 7.36. The second-order valence-corrected chi connectivity index (χ2v) is 9.06. The molecule has 2 aromatic carbocycles. The number of sulfonamides is 1. The number of nitrogens with one attached hydrogen (secondary N) is 3. The Bertz CT molecular complexity index is 1290. The third kappa shape index (κ3) is 7.09. The Morgan fingerprint density at radius 3 is 2.21 bits per heavy atom. The highest BCUT2D eigenvalue weighted by Crippen LogP contribution is 2.17. The van der Waals surface area contributed by atoms with E-state index in [0.29, 0.717) is 17.1 Å². The van der Waals surface area contributed by atoms with Crippen molar-refractivity contribution in [3.05, 3.63) is 77.6 Å². The van der Waals surface area contributed by atoms with E-state index in [1.54, 1.807) is 38.1 Å². The van der Waals surface area contributed by atoms with Gasteiger partial charge < -0.3 is 10.4 Å². The van der Waals surface area contributed by atoms with Crippen LogP contribution in [0, 0.1) is 13.8 Å². The van der Waals surface area contributed by atoms with Gasteiger partial charge in [0.15, 0.2) is 5.11 Å². The molecular weight excluding hydrogens is 462 g/mol. The number of aromatic hydroxyl groups is 1. The van der Waals surface area contributed by atoms with E-state index in [1.807, 2.05) is 0 Å². The number of carbonyl (C=O) groups excluding carboxylic acids is 1. The number of aryl methyl sites for hydroxylation is 2. The van der Waals surface area contributed by atoms with Crippen molar-refractivity contribution in [1.29, 1.82) is 0 Å². The first-order chi connectivity index (χ1) is 15.6. The molecule has 3 aromatic rings. The van der Waals surface area contributed by atoms with Crippen LogP contribution < -0.4 is 15.4 Å². The summed E-state index contributed by atoms with van der Waals surface area (Å²) in [6, 6.07) is 13.9. The molecule has 4 N–H and O–H groups in total. The predicted molar refractivity (Wildman–Crippen MR) is 130 cm³/mol. The predicted octanol–water partition coefficient (Wildman–Crippen LogP) is 3.13. The number of benzene rings is 2. The van der Waals surface area contributed by atoms with Gasteiger partial charge in [0.25, 0.3) is 10.0 Å². The summed E-state index contributed by atoms with van der Waals surface area (Å²) in [6.07, 6.45) is 2.88. The van der Waals surface area contributed by atoms with Crippen molar-refractivity contribution in [3.8, 4) is 5.75 Å². The molecule has 1 heterocycles. The molecule has 0 unspecified atom stereocenters. The van der Waals surface area contributed by atoms with Gasteiger partial charge in [0, 0.05) is 23.2 Å². The number of aromatic nitrogens is 2. The van der Waals surface area contributed by atoms with Gasteiger partial charge in [0.1, 0.15) is 5.75 Å². The number of phenolic OH excluding ortho intramolecular Hbond substituents is 1. The molecule has 33 heavy (non-hydrogen) atoms. The summed E-state index contributed by atoms with van der Waals surface area (Å²) in [5.74, 6) is -0.313. The van der Waals surface area contributed by atoms with Crippen molar-refractivity contribution < 1.29 is 18.3 Å². The van der Waals surface area contributed by atoms with Crippen molar-refractivity contribution >= 4 is 51.0 Å². The summed E-state index contributed by atoms with van der Waals surface area (Å²) in [5, 5.41) is 14.6. The summed E-state index contributed by atoms with van der Waals surface area (Å²) in [4.78, 5) is 20.2. The summed E-state index contributed by atoms with van der Waals surface area (Å²) < 4.78 is 27.5. The maximum atomic E-state index is 12.6. The number of hydrogen-bond donors (Lipinski definition) is 4. The van der Waals surface area contributed by atoms with Crippen LogP contribution in [0.1, 0.15) is 17.0 Å². The minimum atomic E-state index is -3.88. The zero-order valence-electron chi connectivity index (χ0n) is 17.7. The highest BCUT2D eigenvalue weighted by atomic mass is 32.2. The molecule has 3 rings (SSSR count). The Morgan fingerprint density at radius 2 is 1.61 bits per heavy atom. The largest absolute Gasteiger partial charge is 0.508 e. The standard InChI is InChI=1S/C22H21N5O4S2/c1-14-13-15(2)24-21(23-14)27-33(30,31)19-10-6-17(7-11-19)25-22(32)26-20(29)12-5-16-3-8-18(28)9-4-16/h3-13,28H,1-2H3,(H,23,24,27)(H2,25,26,29,32)/b12-5+. The van der Waals surface area contributed by atoms with Crippen LogP contribution in [0.25, 0.3) is 6.08 Å². The molecule has 0 bridgehead atoms. The third-order valence-corrected chi connectivity index (χ3v) is 5.74. The fraction of sp³-hybridized carbons (Fsp3) is 0.0909. The van der Waals surface area contributed by atoms with Crippen molar-refractivity contribution in [2.24, 2.45) is 0 Å². The van der Waals surface area contributed by atoms with Crippen LogP contribution in [0.3, 0.4) is 0 Å². The minimum Gasteiger partial charge on any atom is -0.508 e. The molecule has 11 heteroatoms. The summed E-state index contributed by atoms with van der Waals surface area (Å²) in [7, 11) is -3.88. The van der Waals surface area contributed by atoms with Gasteiger partial charge in [-0.25, -0.2) is 23.1 Å². The zero-order chi connectivity index (χ0) is 24.0. The summed E-state index contributed by atoms with van der Waals surface area (Å²) >= 11 is 5.12. The number of hydrogen-bond acceptors (Lipinski definition) is 7. The van der Waals surface area contributed by atoms with Crippen LogP contribution in [0.5, 0.6) is 5.75 Å². The monoisotopic (exact) mass is 483 g/mol. The number of rotatable bonds is 6. The average molecular weight is 484 g/mol. The number of phenols is 1. The molecule has 0 aliphatic heterocycles. The molecule has 170 valence electrons. The highest BCUT2D eigenvalue weighted by Gasteiger charge is 2.16. The van der Waals surface area contributed by atoms with E-state index in [1.165, 1.54) is 42.5 Å². The zero-order valence-corrected chi connectivity index (χ0v) is 19.4. The third-order valence-electron chi connectivity index (χ3n) is 4.19. The first kappa shape index (κ1) is 23.8. The number of amides is 1. The maximum Gasteiger partial charge on any atom is 0.264 e. The van der Waals surface area contributed by atoms with E-state index in [9.17, 15) is 18.3 Å². The van der Waals surface area contributed by atoms with Crippen molar-refractivity contribution in [1.82, 2.24) is 15.3 Å². The second-order valence-electron chi connectivity index (χ2n) is 6.97. The van der Waals surface area contributed by atoms with Crippen LogP contribution in [0.4, 0.5) is 11.6 Å². The van der Waals surface area contributed by atoms with E-state index in [4.69, 9.17) is 12.2 Å². The van der Waals surface area contributed by atoms with E-state index in [0.717, 1.165) is 5.56 Å². The van der Waals surface area contributed by atoms with Gasteiger partial charge in [0.05, 0.1) is 4.90 Å². The maximum absolute atomic E-state index is 12.6. The molecule has 0 aliphatic rings. The molecule has 1 amide bonds. The van der Waals surface area contributed by atoms with E-state index < -0.39 is 15.9 Å². The number of thiocarbonyl (C=S) groups is 1. The molecule has 1 aromatic heterocycles. The molecule has 0 saturated heterocycles. The second kappa shape index (κ2) is 10.2. The Labute approximate surface area is 196 Å². The molecule has 9 nitrogen and oxygen atoms in total. The van der Waals surface area contributed by atoms with Crippen LogP contribution in [-0.2, 0) is 14.8 Å². The lowest BCUT2D eigenvalue weighted by atomic mass is 10.2. The minimum absolute atomic E-state index is 0.000972. The van der Waals surface area contributed by atoms with Crippen LogP contribution >= 0.6 is 12.2 Å². The molecule has 0 saturated carbocycles. The van der Waals surface area contributed by atoms with E-state index in [-0.39, 0.29) is 21.7 Å². The SMILES string of the molecule is Cc1cc(C)nc(NS(=O)(=O)c2ccc(NC(=S)NC(=O)/C=C/c3ccc(O)cc3)cc2)n1. The van der Waals surface area contributed by atoms with Gasteiger partial charge >= 0.3 is 0 Å². The molecule has 0 spiro atoms. The van der Waals surface area contributed by atoms with Gasteiger partial charge in [-0.05, 0) is 80.2 Å². The number of nitrogens with zero attached hydrogens (tertiary/aromatic N) is 2. The molecule has 0 aliphatic carbocycles. The van der Waals surface area contributed by atoms with E-state index >= 15 is 0 Å². The summed E-state index contributed by atoms with van der Waals surface area (Å²) in [5.41, 5.74) is 2.52. The number of carbonyl (C=O) groups is 1. The first-order valence-electron chi connectivity index (χ1n) is 9.65. The van der Waals surface area contributed by atoms with Crippen LogP contribution in [0.15, 0.2) is 65.6 Å². The first-order valence-corrected chi connectivity index (χ1v) is 11.5. The Morgan fingerprint density at radius 1 is 1.00 bits per heavy atom. The molecule has 0 radical (unpaired) electrons.